The molecule has 1 aliphatic rings. The number of carbonyl (C=O) groups excluding carboxylic acids is 2. The molecular formula is C23H14Cl2FNO2S. The van der Waals surface area contributed by atoms with Gasteiger partial charge in [-0.05, 0) is 66.6 Å². The van der Waals surface area contributed by atoms with E-state index in [0.29, 0.717) is 26.9 Å². The summed E-state index contributed by atoms with van der Waals surface area (Å²) in [5.41, 5.74) is 1.73. The number of benzene rings is 3. The number of hydrogen-bond acceptors (Lipinski definition) is 3. The van der Waals surface area contributed by atoms with Gasteiger partial charge in [-0.15, -0.1) is 0 Å². The molecule has 0 bridgehead atoms. The summed E-state index contributed by atoms with van der Waals surface area (Å²) in [5, 5.41) is 1.02. The van der Waals surface area contributed by atoms with Crippen LogP contribution in [0.2, 0.25) is 10.0 Å². The van der Waals surface area contributed by atoms with E-state index in [9.17, 15) is 14.0 Å². The van der Waals surface area contributed by atoms with Gasteiger partial charge >= 0.3 is 0 Å². The molecule has 4 rings (SSSR count). The lowest BCUT2D eigenvalue weighted by Gasteiger charge is -2.18. The maximum atomic E-state index is 13.5. The Morgan fingerprint density at radius 1 is 0.867 bits per heavy atom. The van der Waals surface area contributed by atoms with Gasteiger partial charge in [-0.3, -0.25) is 9.59 Å². The van der Waals surface area contributed by atoms with Crippen LogP contribution in [0.1, 0.15) is 11.1 Å². The maximum Gasteiger partial charge on any atom is 0.272 e. The monoisotopic (exact) mass is 457 g/mol. The molecular weight excluding hydrogens is 444 g/mol. The van der Waals surface area contributed by atoms with Gasteiger partial charge in [0.05, 0.1) is 16.2 Å². The third-order valence-electron chi connectivity index (χ3n) is 4.69. The Hall–Kier alpha value is -2.60. The van der Waals surface area contributed by atoms with Gasteiger partial charge in [-0.1, -0.05) is 53.2 Å². The molecule has 0 aliphatic carbocycles. The van der Waals surface area contributed by atoms with Crippen LogP contribution < -0.4 is 4.90 Å². The van der Waals surface area contributed by atoms with Crippen molar-refractivity contribution >= 4 is 58.0 Å². The third-order valence-corrected chi connectivity index (χ3v) is 6.44. The lowest BCUT2D eigenvalue weighted by Crippen LogP contribution is -2.32. The number of anilines is 1. The van der Waals surface area contributed by atoms with Crippen LogP contribution in [0.15, 0.2) is 76.5 Å². The van der Waals surface area contributed by atoms with Crippen molar-refractivity contribution in [1.29, 1.82) is 0 Å². The predicted octanol–water partition coefficient (Wildman–Crippen LogP) is 6.52. The van der Waals surface area contributed by atoms with E-state index in [1.54, 1.807) is 49.4 Å². The Kier molecular flexibility index (Phi) is 5.69. The van der Waals surface area contributed by atoms with Crippen LogP contribution in [0.25, 0.3) is 5.57 Å². The zero-order chi connectivity index (χ0) is 21.4. The summed E-state index contributed by atoms with van der Waals surface area (Å²) < 4.78 is 13.5. The fraction of sp³-hybridized carbons (Fsp3) is 0.0435. The molecule has 30 heavy (non-hydrogen) atoms. The minimum Gasteiger partial charge on any atom is -0.268 e. The average molecular weight is 458 g/mol. The van der Waals surface area contributed by atoms with Crippen LogP contribution in [0, 0.1) is 12.7 Å². The molecule has 3 aromatic carbocycles. The van der Waals surface area contributed by atoms with Crippen LogP contribution >= 0.6 is 35.0 Å². The zero-order valence-electron chi connectivity index (χ0n) is 15.7. The van der Waals surface area contributed by atoms with Crippen molar-refractivity contribution in [1.82, 2.24) is 0 Å². The number of hydrogen-bond donors (Lipinski definition) is 0. The number of carbonyl (C=O) groups is 2. The second kappa shape index (κ2) is 8.26. The highest BCUT2D eigenvalue weighted by atomic mass is 35.5. The van der Waals surface area contributed by atoms with E-state index < -0.39 is 17.6 Å². The average Bonchev–Trinajstić information content (AvgIpc) is 2.96. The topological polar surface area (TPSA) is 37.4 Å². The summed E-state index contributed by atoms with van der Waals surface area (Å²) in [5.74, 6) is -1.36. The molecule has 2 amide bonds. The van der Waals surface area contributed by atoms with Crippen LogP contribution in [-0.2, 0) is 9.59 Å². The number of halogens is 3. The summed E-state index contributed by atoms with van der Waals surface area (Å²) in [6.45, 7) is 1.75. The van der Waals surface area contributed by atoms with Gasteiger partial charge in [0.1, 0.15) is 5.82 Å². The normalized spacial score (nSPS) is 14.1. The Bertz CT molecular complexity index is 1190. The molecule has 0 saturated heterocycles. The van der Waals surface area contributed by atoms with Gasteiger partial charge in [0.15, 0.2) is 0 Å². The molecule has 0 unspecified atom stereocenters. The van der Waals surface area contributed by atoms with Gasteiger partial charge in [-0.2, -0.15) is 0 Å². The highest BCUT2D eigenvalue weighted by Gasteiger charge is 2.41. The molecule has 1 aliphatic heterocycles. The molecule has 0 fully saturated rings. The fourth-order valence-electron chi connectivity index (χ4n) is 3.15. The Morgan fingerprint density at radius 2 is 1.53 bits per heavy atom. The van der Waals surface area contributed by atoms with E-state index in [1.165, 1.54) is 36.0 Å². The van der Waals surface area contributed by atoms with Crippen molar-refractivity contribution in [3.05, 3.63) is 98.6 Å². The Morgan fingerprint density at radius 3 is 2.20 bits per heavy atom. The molecule has 3 nitrogen and oxygen atoms in total. The van der Waals surface area contributed by atoms with Gasteiger partial charge in [0, 0.05) is 14.9 Å². The number of nitrogens with zero attached hydrogens (tertiary/aromatic N) is 1. The van der Waals surface area contributed by atoms with Crippen LogP contribution in [0.5, 0.6) is 0 Å². The van der Waals surface area contributed by atoms with Crippen molar-refractivity contribution < 1.29 is 14.0 Å². The van der Waals surface area contributed by atoms with E-state index in [0.717, 1.165) is 9.80 Å². The van der Waals surface area contributed by atoms with E-state index in [4.69, 9.17) is 23.2 Å². The molecule has 0 radical (unpaired) electrons. The number of amides is 2. The zero-order valence-corrected chi connectivity index (χ0v) is 18.0. The first kappa shape index (κ1) is 20.7. The fourth-order valence-corrected chi connectivity index (χ4v) is 4.44. The van der Waals surface area contributed by atoms with E-state index in [-0.39, 0.29) is 10.5 Å². The summed E-state index contributed by atoms with van der Waals surface area (Å²) in [7, 11) is 0. The van der Waals surface area contributed by atoms with Gasteiger partial charge < -0.3 is 0 Å². The predicted molar refractivity (Wildman–Crippen MR) is 119 cm³/mol. The standard InChI is InChI=1S/C23H14Cl2FNO2S/c1-13-18(25)3-2-4-19(13)27-22(28)20(14-5-9-16(26)10-6-14)21(23(27)29)30-17-11-7-15(24)8-12-17/h2-12H,1H3. The van der Waals surface area contributed by atoms with Crippen LogP contribution in [0.3, 0.4) is 0 Å². The van der Waals surface area contributed by atoms with Crippen molar-refractivity contribution in [3.8, 4) is 0 Å². The summed E-state index contributed by atoms with van der Waals surface area (Å²) >= 11 is 13.3. The first-order chi connectivity index (χ1) is 14.4. The number of rotatable bonds is 4. The van der Waals surface area contributed by atoms with Crippen LogP contribution in [0.4, 0.5) is 10.1 Å². The highest BCUT2D eigenvalue weighted by Crippen LogP contribution is 2.42. The molecule has 7 heteroatoms. The van der Waals surface area contributed by atoms with E-state index >= 15 is 0 Å². The maximum absolute atomic E-state index is 13.5. The van der Waals surface area contributed by atoms with E-state index in [2.05, 4.69) is 0 Å². The summed E-state index contributed by atoms with van der Waals surface area (Å²) in [6, 6.07) is 17.5. The minimum atomic E-state index is -0.478. The van der Waals surface area contributed by atoms with Crippen molar-refractivity contribution in [3.63, 3.8) is 0 Å². The van der Waals surface area contributed by atoms with Crippen molar-refractivity contribution in [2.24, 2.45) is 0 Å². The van der Waals surface area contributed by atoms with E-state index in [1.807, 2.05) is 0 Å². The van der Waals surface area contributed by atoms with Crippen molar-refractivity contribution in [2.45, 2.75) is 11.8 Å². The lowest BCUT2D eigenvalue weighted by atomic mass is 10.1. The van der Waals surface area contributed by atoms with Gasteiger partial charge in [-0.25, -0.2) is 9.29 Å². The number of imide groups is 1. The molecule has 150 valence electrons. The van der Waals surface area contributed by atoms with Gasteiger partial charge in [0.2, 0.25) is 0 Å². The summed E-state index contributed by atoms with van der Waals surface area (Å²) in [6.07, 6.45) is 0. The quantitative estimate of drug-likeness (QED) is 0.418. The van der Waals surface area contributed by atoms with Crippen LogP contribution in [-0.4, -0.2) is 11.8 Å². The lowest BCUT2D eigenvalue weighted by molar-refractivity contribution is -0.119. The first-order valence-electron chi connectivity index (χ1n) is 8.94. The minimum absolute atomic E-state index is 0.222. The SMILES string of the molecule is Cc1c(Cl)cccc1N1C(=O)C(Sc2ccc(Cl)cc2)=C(c2ccc(F)cc2)C1=O. The molecule has 0 N–H and O–H groups in total. The van der Waals surface area contributed by atoms with Crippen molar-refractivity contribution in [2.75, 3.05) is 4.90 Å². The summed E-state index contributed by atoms with van der Waals surface area (Å²) in [4.78, 5) is 28.9. The molecule has 0 saturated carbocycles. The molecule has 0 atom stereocenters. The molecule has 1 heterocycles. The first-order valence-corrected chi connectivity index (χ1v) is 10.5. The Labute approximate surface area is 187 Å². The van der Waals surface area contributed by atoms with Gasteiger partial charge in [0.25, 0.3) is 11.8 Å². The molecule has 0 aromatic heterocycles. The second-order valence-corrected chi connectivity index (χ2v) is 8.52. The number of thioether (sulfide) groups is 1. The molecule has 0 spiro atoms. The smallest absolute Gasteiger partial charge is 0.268 e. The highest BCUT2D eigenvalue weighted by molar-refractivity contribution is 8.04. The largest absolute Gasteiger partial charge is 0.272 e. The Balaban J connectivity index is 1.84. The molecule has 3 aromatic rings. The second-order valence-electron chi connectivity index (χ2n) is 6.60. The third kappa shape index (κ3) is 3.76.